The summed E-state index contributed by atoms with van der Waals surface area (Å²) in [4.78, 5) is 21.7. The van der Waals surface area contributed by atoms with Crippen molar-refractivity contribution in [3.05, 3.63) is 47.7 Å². The lowest BCUT2D eigenvalue weighted by Gasteiger charge is -2.38. The molecule has 1 aromatic carbocycles. The molecule has 3 rings (SSSR count). The van der Waals surface area contributed by atoms with Gasteiger partial charge in [0.05, 0.1) is 6.04 Å². The van der Waals surface area contributed by atoms with Gasteiger partial charge in [0.2, 0.25) is 5.91 Å². The molecule has 1 N–H and O–H groups in total. The SMILES string of the molecule is CC(=O)N1CC(C)[C@@H](Nc2nccnc2C#N)c2cc(F)ccc21. The molecule has 1 aromatic heterocycles. The number of nitrogens with one attached hydrogen (secondary N) is 1. The summed E-state index contributed by atoms with van der Waals surface area (Å²) in [5.74, 6) is -0.122. The average Bonchev–Trinajstić information content (AvgIpc) is 2.57. The summed E-state index contributed by atoms with van der Waals surface area (Å²) in [6.07, 6.45) is 2.93. The number of aromatic nitrogens is 2. The lowest BCUT2D eigenvalue weighted by molar-refractivity contribution is -0.116. The van der Waals surface area contributed by atoms with Gasteiger partial charge in [-0.1, -0.05) is 6.92 Å². The molecule has 0 saturated heterocycles. The molecular weight excluding hydrogens is 309 g/mol. The maximum atomic E-state index is 13.8. The summed E-state index contributed by atoms with van der Waals surface area (Å²) in [6, 6.07) is 6.07. The largest absolute Gasteiger partial charge is 0.360 e. The number of anilines is 2. The Hall–Kier alpha value is -3.01. The summed E-state index contributed by atoms with van der Waals surface area (Å²) in [5, 5.41) is 12.4. The van der Waals surface area contributed by atoms with E-state index in [9.17, 15) is 9.18 Å². The Bertz CT molecular complexity index is 832. The quantitative estimate of drug-likeness (QED) is 0.918. The monoisotopic (exact) mass is 325 g/mol. The minimum Gasteiger partial charge on any atom is -0.360 e. The predicted molar refractivity (Wildman–Crippen MR) is 86.7 cm³/mol. The van der Waals surface area contributed by atoms with Crippen LogP contribution in [0.2, 0.25) is 0 Å². The minimum absolute atomic E-state index is 0.00301. The summed E-state index contributed by atoms with van der Waals surface area (Å²) in [6.45, 7) is 3.95. The molecule has 1 aliphatic rings. The number of hydrogen-bond acceptors (Lipinski definition) is 5. The maximum Gasteiger partial charge on any atom is 0.223 e. The fraction of sp³-hybridized carbons (Fsp3) is 0.294. The first kappa shape index (κ1) is 15.9. The van der Waals surface area contributed by atoms with E-state index in [1.165, 1.54) is 31.5 Å². The minimum atomic E-state index is -0.377. The van der Waals surface area contributed by atoms with Gasteiger partial charge in [-0.15, -0.1) is 0 Å². The first-order valence-corrected chi connectivity index (χ1v) is 7.56. The summed E-state index contributed by atoms with van der Waals surface area (Å²) < 4.78 is 13.8. The highest BCUT2D eigenvalue weighted by molar-refractivity contribution is 5.93. The van der Waals surface area contributed by atoms with Crippen LogP contribution < -0.4 is 10.2 Å². The van der Waals surface area contributed by atoms with Crippen LogP contribution in [0.4, 0.5) is 15.9 Å². The van der Waals surface area contributed by atoms with Crippen LogP contribution in [-0.2, 0) is 4.79 Å². The fourth-order valence-electron chi connectivity index (χ4n) is 3.01. The molecule has 1 amide bonds. The molecule has 2 heterocycles. The van der Waals surface area contributed by atoms with E-state index in [0.29, 0.717) is 23.6 Å². The van der Waals surface area contributed by atoms with Crippen molar-refractivity contribution in [1.29, 1.82) is 5.26 Å². The lowest BCUT2D eigenvalue weighted by atomic mass is 9.88. The van der Waals surface area contributed by atoms with Gasteiger partial charge >= 0.3 is 0 Å². The van der Waals surface area contributed by atoms with Crippen LogP contribution in [0.5, 0.6) is 0 Å². The summed E-state index contributed by atoms with van der Waals surface area (Å²) in [7, 11) is 0. The number of rotatable bonds is 2. The molecule has 0 bridgehead atoms. The van der Waals surface area contributed by atoms with E-state index in [0.717, 1.165) is 0 Å². The van der Waals surface area contributed by atoms with Gasteiger partial charge in [0.1, 0.15) is 11.9 Å². The molecule has 1 aliphatic heterocycles. The second-order valence-corrected chi connectivity index (χ2v) is 5.80. The second-order valence-electron chi connectivity index (χ2n) is 5.80. The molecule has 0 radical (unpaired) electrons. The number of carbonyl (C=O) groups is 1. The van der Waals surface area contributed by atoms with Crippen LogP contribution >= 0.6 is 0 Å². The van der Waals surface area contributed by atoms with Crippen molar-refractivity contribution in [2.45, 2.75) is 19.9 Å². The summed E-state index contributed by atoms with van der Waals surface area (Å²) in [5.41, 5.74) is 1.51. The van der Waals surface area contributed by atoms with Crippen molar-refractivity contribution in [3.8, 4) is 6.07 Å². The Morgan fingerprint density at radius 3 is 2.88 bits per heavy atom. The molecule has 6 nitrogen and oxygen atoms in total. The van der Waals surface area contributed by atoms with Crippen molar-refractivity contribution >= 4 is 17.4 Å². The number of fused-ring (bicyclic) bond motifs is 1. The highest BCUT2D eigenvalue weighted by Crippen LogP contribution is 2.39. The highest BCUT2D eigenvalue weighted by Gasteiger charge is 2.33. The Morgan fingerprint density at radius 1 is 1.42 bits per heavy atom. The number of carbonyl (C=O) groups excluding carboxylic acids is 1. The van der Waals surface area contributed by atoms with Crippen LogP contribution in [-0.4, -0.2) is 22.4 Å². The zero-order valence-electron chi connectivity index (χ0n) is 13.3. The second kappa shape index (κ2) is 6.24. The summed E-state index contributed by atoms with van der Waals surface area (Å²) >= 11 is 0. The van der Waals surface area contributed by atoms with E-state index in [1.807, 2.05) is 13.0 Å². The van der Waals surface area contributed by atoms with Crippen LogP contribution in [0.3, 0.4) is 0 Å². The van der Waals surface area contributed by atoms with Gasteiger partial charge < -0.3 is 10.2 Å². The Kier molecular flexibility index (Phi) is 4.13. The maximum absolute atomic E-state index is 13.8. The van der Waals surface area contributed by atoms with E-state index in [-0.39, 0.29) is 29.4 Å². The Morgan fingerprint density at radius 2 is 2.17 bits per heavy atom. The topological polar surface area (TPSA) is 81.9 Å². The predicted octanol–water partition coefficient (Wildman–Crippen LogP) is 2.64. The molecule has 2 atom stereocenters. The molecule has 1 unspecified atom stereocenters. The van der Waals surface area contributed by atoms with Crippen molar-refractivity contribution in [2.24, 2.45) is 5.92 Å². The van der Waals surface area contributed by atoms with E-state index in [1.54, 1.807) is 11.0 Å². The molecule has 2 aromatic rings. The molecule has 24 heavy (non-hydrogen) atoms. The number of benzene rings is 1. The molecule has 122 valence electrons. The first-order valence-electron chi connectivity index (χ1n) is 7.56. The van der Waals surface area contributed by atoms with Crippen LogP contribution in [0, 0.1) is 23.1 Å². The Labute approximate surface area is 139 Å². The fourth-order valence-corrected chi connectivity index (χ4v) is 3.01. The zero-order valence-corrected chi connectivity index (χ0v) is 13.3. The van der Waals surface area contributed by atoms with E-state index in [4.69, 9.17) is 5.26 Å². The molecule has 7 heteroatoms. The van der Waals surface area contributed by atoms with Gasteiger partial charge in [-0.05, 0) is 24.1 Å². The van der Waals surface area contributed by atoms with Crippen LogP contribution in [0.1, 0.15) is 31.1 Å². The Balaban J connectivity index is 2.05. The third-order valence-corrected chi connectivity index (χ3v) is 4.13. The third kappa shape index (κ3) is 2.78. The number of hydrogen-bond donors (Lipinski definition) is 1. The zero-order chi connectivity index (χ0) is 17.3. The van der Waals surface area contributed by atoms with Gasteiger partial charge in [-0.3, -0.25) is 4.79 Å². The molecular formula is C17H16FN5O. The van der Waals surface area contributed by atoms with Gasteiger partial charge in [0.25, 0.3) is 0 Å². The van der Waals surface area contributed by atoms with Gasteiger partial charge in [0, 0.05) is 37.1 Å². The molecule has 0 fully saturated rings. The van der Waals surface area contributed by atoms with Crippen molar-refractivity contribution in [1.82, 2.24) is 9.97 Å². The van der Waals surface area contributed by atoms with Crippen LogP contribution in [0.25, 0.3) is 0 Å². The highest BCUT2D eigenvalue weighted by atomic mass is 19.1. The first-order chi connectivity index (χ1) is 11.5. The van der Waals surface area contributed by atoms with Gasteiger partial charge in [0.15, 0.2) is 11.5 Å². The number of halogens is 1. The van der Waals surface area contributed by atoms with Crippen molar-refractivity contribution < 1.29 is 9.18 Å². The van der Waals surface area contributed by atoms with Crippen LogP contribution in [0.15, 0.2) is 30.6 Å². The third-order valence-electron chi connectivity index (χ3n) is 4.13. The van der Waals surface area contributed by atoms with E-state index >= 15 is 0 Å². The van der Waals surface area contributed by atoms with Gasteiger partial charge in [-0.2, -0.15) is 5.26 Å². The molecule has 0 saturated carbocycles. The van der Waals surface area contributed by atoms with Crippen molar-refractivity contribution in [2.75, 3.05) is 16.8 Å². The molecule has 0 spiro atoms. The van der Waals surface area contributed by atoms with Crippen molar-refractivity contribution in [3.63, 3.8) is 0 Å². The van der Waals surface area contributed by atoms with Gasteiger partial charge in [-0.25, -0.2) is 14.4 Å². The smallest absolute Gasteiger partial charge is 0.223 e. The standard InChI is InChI=1S/C17H16FN5O/c1-10-9-23(11(2)24)15-4-3-12(18)7-13(15)16(10)22-17-14(8-19)20-5-6-21-17/h3-7,10,16H,9H2,1-2H3,(H,21,22)/t10?,16-/m1/s1. The number of nitrogens with zero attached hydrogens (tertiary/aromatic N) is 4. The number of nitriles is 1. The normalized spacial score (nSPS) is 19.3. The van der Waals surface area contributed by atoms with E-state index < -0.39 is 0 Å². The van der Waals surface area contributed by atoms with E-state index in [2.05, 4.69) is 15.3 Å². The average molecular weight is 325 g/mol. The lowest BCUT2D eigenvalue weighted by Crippen LogP contribution is -2.41. The molecule has 0 aliphatic carbocycles. The number of amides is 1.